The number of hydrogen-bond donors (Lipinski definition) is 3. The van der Waals surface area contributed by atoms with Crippen LogP contribution in [-0.2, 0) is 14.4 Å². The number of carbonyl (C=O) groups is 4. The van der Waals surface area contributed by atoms with Gasteiger partial charge in [0.25, 0.3) is 5.91 Å². The predicted octanol–water partition coefficient (Wildman–Crippen LogP) is 3.78. The second-order valence-electron chi connectivity index (χ2n) is 12.4. The molecule has 44 heavy (non-hydrogen) atoms. The highest BCUT2D eigenvalue weighted by Gasteiger charge is 2.33. The fourth-order valence-corrected chi connectivity index (χ4v) is 5.27. The smallest absolute Gasteiger partial charge is 0.255 e. The van der Waals surface area contributed by atoms with E-state index in [9.17, 15) is 19.2 Å². The van der Waals surface area contributed by atoms with Crippen LogP contribution in [0, 0.1) is 25.7 Å². The van der Waals surface area contributed by atoms with E-state index in [0.29, 0.717) is 24.3 Å². The molecule has 0 unspecified atom stereocenters. The molecule has 0 aromatic heterocycles. The van der Waals surface area contributed by atoms with Gasteiger partial charge >= 0.3 is 0 Å². The fraction of sp³-hybridized carbons (Fsp3) is 0.529. The van der Waals surface area contributed by atoms with Gasteiger partial charge in [0, 0.05) is 7.05 Å². The molecule has 1 aliphatic heterocycles. The van der Waals surface area contributed by atoms with Crippen LogP contribution >= 0.6 is 0 Å². The molecule has 0 spiro atoms. The van der Waals surface area contributed by atoms with Gasteiger partial charge in [0.15, 0.2) is 0 Å². The molecule has 3 rings (SSSR count). The van der Waals surface area contributed by atoms with Crippen LogP contribution in [0.5, 0.6) is 11.5 Å². The summed E-state index contributed by atoms with van der Waals surface area (Å²) in [6.45, 7) is 12.6. The minimum atomic E-state index is -1.19. The van der Waals surface area contributed by atoms with Crippen molar-refractivity contribution in [3.05, 3.63) is 59.2 Å². The lowest BCUT2D eigenvalue weighted by atomic mass is 9.99. The zero-order valence-electron chi connectivity index (χ0n) is 27.1. The Bertz CT molecular complexity index is 1310. The molecule has 10 heteroatoms. The van der Waals surface area contributed by atoms with Crippen LogP contribution in [0.4, 0.5) is 0 Å². The van der Waals surface area contributed by atoms with Gasteiger partial charge in [-0.25, -0.2) is 0 Å². The maximum Gasteiger partial charge on any atom is 0.255 e. The lowest BCUT2D eigenvalue weighted by Crippen LogP contribution is -2.55. The minimum absolute atomic E-state index is 0.124. The average Bonchev–Trinajstić information content (AvgIpc) is 2.96. The van der Waals surface area contributed by atoms with Crippen LogP contribution in [0.25, 0.3) is 0 Å². The normalized spacial score (nSPS) is 19.9. The molecule has 2 aromatic carbocycles. The minimum Gasteiger partial charge on any atom is -0.491 e. The lowest BCUT2D eigenvalue weighted by Gasteiger charge is -2.33. The van der Waals surface area contributed by atoms with Gasteiger partial charge in [0.2, 0.25) is 17.7 Å². The van der Waals surface area contributed by atoms with E-state index in [1.54, 1.807) is 36.2 Å². The van der Waals surface area contributed by atoms with E-state index < -0.39 is 29.8 Å². The van der Waals surface area contributed by atoms with Crippen molar-refractivity contribution < 1.29 is 28.7 Å². The van der Waals surface area contributed by atoms with E-state index in [1.165, 1.54) is 0 Å². The Morgan fingerprint density at radius 1 is 1.02 bits per heavy atom. The maximum atomic E-state index is 13.7. The van der Waals surface area contributed by atoms with Gasteiger partial charge in [-0.2, -0.15) is 0 Å². The molecule has 1 aliphatic rings. The quantitative estimate of drug-likeness (QED) is 0.372. The van der Waals surface area contributed by atoms with Crippen molar-refractivity contribution in [2.24, 2.45) is 11.8 Å². The molecule has 3 N–H and O–H groups in total. The number of carbonyl (C=O) groups excluding carboxylic acids is 4. The highest BCUT2D eigenvalue weighted by molar-refractivity contribution is 6.01. The summed E-state index contributed by atoms with van der Waals surface area (Å²) in [5.74, 6) is -0.356. The van der Waals surface area contributed by atoms with Crippen molar-refractivity contribution in [3.8, 4) is 11.5 Å². The van der Waals surface area contributed by atoms with Crippen LogP contribution in [0.2, 0.25) is 0 Å². The highest BCUT2D eigenvalue weighted by atomic mass is 16.5. The standard InChI is InChI=1S/C34H48N4O6/c1-21(2)16-25-20-44-30-11-9-8-10-26(30)32(40)37-27(19-31(39)36-28(17-22(3)4)34(42)38(25)7)33(41)35-14-15-43-29-13-12-23(5)18-24(29)6/h8-13,18,21-22,25,27-28H,14-17,19-20H2,1-7H3,(H,35,41)(H,36,39)(H,37,40)/t25-,27+,28-/m1/s1. The number of rotatable bonds is 9. The Kier molecular flexibility index (Phi) is 12.6. The number of nitrogens with zero attached hydrogens (tertiary/aromatic N) is 1. The Labute approximate surface area is 261 Å². The number of fused-ring (bicyclic) bond motifs is 1. The van der Waals surface area contributed by atoms with Crippen LogP contribution < -0.4 is 25.4 Å². The van der Waals surface area contributed by atoms with E-state index in [2.05, 4.69) is 29.8 Å². The number of ether oxygens (including phenoxy) is 2. The third-order valence-corrected chi connectivity index (χ3v) is 7.54. The van der Waals surface area contributed by atoms with Gasteiger partial charge in [0.1, 0.15) is 36.8 Å². The number of benzene rings is 2. The van der Waals surface area contributed by atoms with E-state index in [4.69, 9.17) is 9.47 Å². The monoisotopic (exact) mass is 608 g/mol. The Hall–Kier alpha value is -4.08. The first kappa shape index (κ1) is 34.4. The summed E-state index contributed by atoms with van der Waals surface area (Å²) in [7, 11) is 1.72. The molecule has 3 atom stereocenters. The van der Waals surface area contributed by atoms with E-state index >= 15 is 0 Å². The molecule has 0 bridgehead atoms. The van der Waals surface area contributed by atoms with Crippen LogP contribution in [-0.4, -0.2) is 73.5 Å². The number of aryl methyl sites for hydroxylation is 2. The summed E-state index contributed by atoms with van der Waals surface area (Å²) < 4.78 is 12.0. The molecule has 2 aromatic rings. The predicted molar refractivity (Wildman–Crippen MR) is 170 cm³/mol. The van der Waals surface area contributed by atoms with Gasteiger partial charge in [-0.05, 0) is 62.3 Å². The zero-order valence-corrected chi connectivity index (χ0v) is 27.1. The molecule has 1 heterocycles. The number of para-hydroxylation sites is 1. The fourth-order valence-electron chi connectivity index (χ4n) is 5.27. The Morgan fingerprint density at radius 3 is 2.41 bits per heavy atom. The summed E-state index contributed by atoms with van der Waals surface area (Å²) in [6, 6.07) is 10.3. The Morgan fingerprint density at radius 2 is 1.73 bits per heavy atom. The number of nitrogens with one attached hydrogen (secondary N) is 3. The first-order valence-electron chi connectivity index (χ1n) is 15.4. The molecule has 0 saturated carbocycles. The van der Waals surface area contributed by atoms with E-state index in [0.717, 1.165) is 11.1 Å². The van der Waals surface area contributed by atoms with Crippen molar-refractivity contribution in [3.63, 3.8) is 0 Å². The second kappa shape index (κ2) is 16.1. The van der Waals surface area contributed by atoms with E-state index in [-0.39, 0.29) is 55.5 Å². The number of amides is 4. The summed E-state index contributed by atoms with van der Waals surface area (Å²) in [4.78, 5) is 55.5. The van der Waals surface area contributed by atoms with Crippen molar-refractivity contribution in [1.82, 2.24) is 20.9 Å². The van der Waals surface area contributed by atoms with Gasteiger partial charge in [-0.1, -0.05) is 57.5 Å². The van der Waals surface area contributed by atoms with Gasteiger partial charge in [-0.15, -0.1) is 0 Å². The first-order chi connectivity index (χ1) is 20.8. The average molecular weight is 609 g/mol. The SMILES string of the molecule is Cc1ccc(OCCNC(=O)[C@@H]2CC(=O)N[C@H](CC(C)C)C(=O)N(C)[C@H](CC(C)C)COc3ccccc3C(=O)N2)c(C)c1. The van der Waals surface area contributed by atoms with Crippen LogP contribution in [0.1, 0.15) is 68.4 Å². The summed E-state index contributed by atoms with van der Waals surface area (Å²) in [5, 5.41) is 8.34. The van der Waals surface area contributed by atoms with Crippen molar-refractivity contribution in [2.75, 3.05) is 26.8 Å². The zero-order chi connectivity index (χ0) is 32.4. The molecule has 0 saturated heterocycles. The molecule has 0 radical (unpaired) electrons. The highest BCUT2D eigenvalue weighted by Crippen LogP contribution is 2.22. The van der Waals surface area contributed by atoms with Crippen molar-refractivity contribution in [2.45, 2.75) is 78.9 Å². The first-order valence-corrected chi connectivity index (χ1v) is 15.4. The molecule has 240 valence electrons. The summed E-state index contributed by atoms with van der Waals surface area (Å²) in [6.07, 6.45) is 0.750. The number of hydrogen-bond acceptors (Lipinski definition) is 6. The largest absolute Gasteiger partial charge is 0.491 e. The van der Waals surface area contributed by atoms with Crippen molar-refractivity contribution in [1.29, 1.82) is 0 Å². The van der Waals surface area contributed by atoms with E-state index in [1.807, 2.05) is 45.9 Å². The molecule has 0 fully saturated rings. The third kappa shape index (κ3) is 9.99. The third-order valence-electron chi connectivity index (χ3n) is 7.54. The molecular formula is C34H48N4O6. The van der Waals surface area contributed by atoms with Gasteiger partial charge in [-0.3, -0.25) is 19.2 Å². The van der Waals surface area contributed by atoms with Gasteiger partial charge in [0.05, 0.1) is 24.6 Å². The second-order valence-corrected chi connectivity index (χ2v) is 12.4. The maximum absolute atomic E-state index is 13.7. The summed E-state index contributed by atoms with van der Waals surface area (Å²) in [5.41, 5.74) is 2.34. The van der Waals surface area contributed by atoms with Gasteiger partial charge < -0.3 is 30.3 Å². The Balaban J connectivity index is 1.84. The van der Waals surface area contributed by atoms with Crippen LogP contribution in [0.3, 0.4) is 0 Å². The molecule has 10 nitrogen and oxygen atoms in total. The number of likely N-dealkylation sites (N-methyl/N-ethyl adjacent to an activating group) is 1. The lowest BCUT2D eigenvalue weighted by molar-refractivity contribution is -0.138. The molecule has 4 amide bonds. The topological polar surface area (TPSA) is 126 Å². The van der Waals surface area contributed by atoms with Crippen LogP contribution in [0.15, 0.2) is 42.5 Å². The van der Waals surface area contributed by atoms with Crippen molar-refractivity contribution >= 4 is 23.6 Å². The summed E-state index contributed by atoms with van der Waals surface area (Å²) >= 11 is 0. The molecular weight excluding hydrogens is 560 g/mol. The molecule has 0 aliphatic carbocycles.